The van der Waals surface area contributed by atoms with Gasteiger partial charge in [0.25, 0.3) is 0 Å². The predicted molar refractivity (Wildman–Crippen MR) is 52.5 cm³/mol. The fourth-order valence-electron chi connectivity index (χ4n) is 0.758. The molecular weight excluding hydrogens is 211 g/mol. The SMILES string of the molecule is NC(=O)/C=C/c1cc(Cl)nc(Cl)c1. The van der Waals surface area contributed by atoms with E-state index in [4.69, 9.17) is 28.9 Å². The number of carbonyl (C=O) groups excluding carboxylic acids is 1. The molecule has 0 aliphatic rings. The Morgan fingerprint density at radius 1 is 1.38 bits per heavy atom. The van der Waals surface area contributed by atoms with Crippen LogP contribution in [0.3, 0.4) is 0 Å². The van der Waals surface area contributed by atoms with Crippen molar-refractivity contribution in [1.29, 1.82) is 0 Å². The van der Waals surface area contributed by atoms with Gasteiger partial charge in [-0.15, -0.1) is 0 Å². The van der Waals surface area contributed by atoms with Gasteiger partial charge in [-0.2, -0.15) is 0 Å². The van der Waals surface area contributed by atoms with Crippen LogP contribution in [0.4, 0.5) is 0 Å². The molecule has 1 rings (SSSR count). The number of pyridine rings is 1. The van der Waals surface area contributed by atoms with Gasteiger partial charge in [-0.25, -0.2) is 4.98 Å². The number of nitrogens with zero attached hydrogens (tertiary/aromatic N) is 1. The molecule has 3 nitrogen and oxygen atoms in total. The highest BCUT2D eigenvalue weighted by molar-refractivity contribution is 6.32. The highest BCUT2D eigenvalue weighted by atomic mass is 35.5. The zero-order valence-corrected chi connectivity index (χ0v) is 8.01. The molecule has 1 heterocycles. The minimum absolute atomic E-state index is 0.275. The molecule has 0 atom stereocenters. The second-order valence-electron chi connectivity index (χ2n) is 2.28. The smallest absolute Gasteiger partial charge is 0.241 e. The van der Waals surface area contributed by atoms with Gasteiger partial charge in [0, 0.05) is 6.08 Å². The number of amides is 1. The molecule has 68 valence electrons. The van der Waals surface area contributed by atoms with E-state index in [1.807, 2.05) is 0 Å². The monoisotopic (exact) mass is 216 g/mol. The lowest BCUT2D eigenvalue weighted by Gasteiger charge is -1.95. The Balaban J connectivity index is 2.95. The molecule has 0 saturated carbocycles. The number of rotatable bonds is 2. The van der Waals surface area contributed by atoms with Crippen LogP contribution in [0.5, 0.6) is 0 Å². The molecule has 0 saturated heterocycles. The maximum absolute atomic E-state index is 10.4. The first kappa shape index (κ1) is 10.0. The summed E-state index contributed by atoms with van der Waals surface area (Å²) in [5, 5.41) is 0.549. The summed E-state index contributed by atoms with van der Waals surface area (Å²) in [6.45, 7) is 0. The summed E-state index contributed by atoms with van der Waals surface area (Å²) in [5.41, 5.74) is 5.59. The Bertz CT molecular complexity index is 343. The Hall–Kier alpha value is -1.06. The third-order valence-corrected chi connectivity index (χ3v) is 1.61. The number of hydrogen-bond donors (Lipinski definition) is 1. The summed E-state index contributed by atoms with van der Waals surface area (Å²) in [6.07, 6.45) is 2.74. The number of aromatic nitrogens is 1. The van der Waals surface area contributed by atoms with Gasteiger partial charge in [-0.3, -0.25) is 4.79 Å². The van der Waals surface area contributed by atoms with E-state index < -0.39 is 5.91 Å². The van der Waals surface area contributed by atoms with E-state index in [-0.39, 0.29) is 10.3 Å². The van der Waals surface area contributed by atoms with E-state index in [1.165, 1.54) is 12.2 Å². The van der Waals surface area contributed by atoms with E-state index in [9.17, 15) is 4.79 Å². The molecule has 0 aliphatic heterocycles. The fraction of sp³-hybridized carbons (Fsp3) is 0. The summed E-state index contributed by atoms with van der Waals surface area (Å²) in [7, 11) is 0. The van der Waals surface area contributed by atoms with Crippen molar-refractivity contribution in [1.82, 2.24) is 4.98 Å². The van der Waals surface area contributed by atoms with E-state index in [1.54, 1.807) is 12.1 Å². The van der Waals surface area contributed by atoms with Crippen molar-refractivity contribution < 1.29 is 4.79 Å². The van der Waals surface area contributed by atoms with Gasteiger partial charge >= 0.3 is 0 Å². The molecule has 0 radical (unpaired) electrons. The van der Waals surface area contributed by atoms with E-state index >= 15 is 0 Å². The molecule has 0 spiro atoms. The highest BCUT2D eigenvalue weighted by Crippen LogP contribution is 2.15. The standard InChI is InChI=1S/C8H6Cl2N2O/c9-6-3-5(1-2-8(11)13)4-7(10)12-6/h1-4H,(H2,11,13)/b2-1+. The van der Waals surface area contributed by atoms with Gasteiger partial charge in [0.15, 0.2) is 0 Å². The average molecular weight is 217 g/mol. The van der Waals surface area contributed by atoms with Gasteiger partial charge in [0.1, 0.15) is 10.3 Å². The number of carbonyl (C=O) groups is 1. The lowest BCUT2D eigenvalue weighted by molar-refractivity contribution is -0.113. The zero-order valence-electron chi connectivity index (χ0n) is 6.50. The van der Waals surface area contributed by atoms with Crippen molar-refractivity contribution in [3.8, 4) is 0 Å². The second kappa shape index (κ2) is 4.25. The van der Waals surface area contributed by atoms with Crippen LogP contribution in [-0.4, -0.2) is 10.9 Å². The zero-order chi connectivity index (χ0) is 9.84. The lowest BCUT2D eigenvalue weighted by Crippen LogP contribution is -2.05. The highest BCUT2D eigenvalue weighted by Gasteiger charge is 1.96. The van der Waals surface area contributed by atoms with Crippen LogP contribution in [0.2, 0.25) is 10.3 Å². The number of primary amides is 1. The number of halogens is 2. The Kier molecular flexibility index (Phi) is 3.28. The Morgan fingerprint density at radius 3 is 2.38 bits per heavy atom. The fourth-order valence-corrected chi connectivity index (χ4v) is 1.24. The third-order valence-electron chi connectivity index (χ3n) is 1.23. The molecule has 0 unspecified atom stereocenters. The minimum atomic E-state index is -0.524. The summed E-state index contributed by atoms with van der Waals surface area (Å²) < 4.78 is 0. The van der Waals surface area contributed by atoms with Gasteiger partial charge in [-0.05, 0) is 23.8 Å². The molecule has 1 aromatic rings. The van der Waals surface area contributed by atoms with E-state index in [2.05, 4.69) is 4.98 Å². The van der Waals surface area contributed by atoms with Crippen LogP contribution in [0, 0.1) is 0 Å². The third kappa shape index (κ3) is 3.44. The molecular formula is C8H6Cl2N2O. The molecule has 0 fully saturated rings. The topological polar surface area (TPSA) is 56.0 Å². The largest absolute Gasteiger partial charge is 0.366 e. The molecule has 5 heteroatoms. The maximum atomic E-state index is 10.4. The van der Waals surface area contributed by atoms with Crippen LogP contribution in [-0.2, 0) is 4.79 Å². The normalized spacial score (nSPS) is 10.6. The van der Waals surface area contributed by atoms with Gasteiger partial charge in [0.2, 0.25) is 5.91 Å². The molecule has 0 aliphatic carbocycles. The predicted octanol–water partition coefficient (Wildman–Crippen LogP) is 1.89. The minimum Gasteiger partial charge on any atom is -0.366 e. The molecule has 0 bridgehead atoms. The van der Waals surface area contributed by atoms with Gasteiger partial charge in [-0.1, -0.05) is 23.2 Å². The van der Waals surface area contributed by atoms with E-state index in [0.717, 1.165) is 0 Å². The van der Waals surface area contributed by atoms with Gasteiger partial charge in [0.05, 0.1) is 0 Å². The van der Waals surface area contributed by atoms with Crippen molar-refractivity contribution in [2.24, 2.45) is 5.73 Å². The first-order valence-corrected chi connectivity index (χ1v) is 4.14. The second-order valence-corrected chi connectivity index (χ2v) is 3.06. The molecule has 13 heavy (non-hydrogen) atoms. The molecule has 0 aromatic carbocycles. The number of hydrogen-bond acceptors (Lipinski definition) is 2. The van der Waals surface area contributed by atoms with Crippen molar-refractivity contribution in [2.45, 2.75) is 0 Å². The lowest BCUT2D eigenvalue weighted by atomic mass is 10.2. The molecule has 1 amide bonds. The first-order valence-electron chi connectivity index (χ1n) is 3.38. The van der Waals surface area contributed by atoms with Gasteiger partial charge < -0.3 is 5.73 Å². The van der Waals surface area contributed by atoms with Crippen molar-refractivity contribution in [3.05, 3.63) is 34.1 Å². The van der Waals surface area contributed by atoms with Crippen LogP contribution >= 0.6 is 23.2 Å². The van der Waals surface area contributed by atoms with Crippen LogP contribution in [0.15, 0.2) is 18.2 Å². The van der Waals surface area contributed by atoms with E-state index in [0.29, 0.717) is 5.56 Å². The van der Waals surface area contributed by atoms with Crippen molar-refractivity contribution >= 4 is 35.2 Å². The Morgan fingerprint density at radius 2 is 1.92 bits per heavy atom. The van der Waals surface area contributed by atoms with Crippen LogP contribution in [0.25, 0.3) is 6.08 Å². The molecule has 1 aromatic heterocycles. The maximum Gasteiger partial charge on any atom is 0.241 e. The van der Waals surface area contributed by atoms with Crippen LogP contribution in [0.1, 0.15) is 5.56 Å². The van der Waals surface area contributed by atoms with Crippen LogP contribution < -0.4 is 5.73 Å². The quantitative estimate of drug-likeness (QED) is 0.607. The number of nitrogens with two attached hydrogens (primary N) is 1. The molecule has 2 N–H and O–H groups in total. The van der Waals surface area contributed by atoms with Crippen molar-refractivity contribution in [3.63, 3.8) is 0 Å². The summed E-state index contributed by atoms with van der Waals surface area (Å²) in [6, 6.07) is 3.15. The summed E-state index contributed by atoms with van der Waals surface area (Å²) in [5.74, 6) is -0.524. The summed E-state index contributed by atoms with van der Waals surface area (Å²) in [4.78, 5) is 14.1. The summed E-state index contributed by atoms with van der Waals surface area (Å²) >= 11 is 11.2. The first-order chi connectivity index (χ1) is 6.08. The Labute approximate surface area is 85.2 Å². The van der Waals surface area contributed by atoms with Crippen molar-refractivity contribution in [2.75, 3.05) is 0 Å². The average Bonchev–Trinajstić information content (AvgIpc) is 1.99.